The maximum atomic E-state index is 12.3. The number of likely N-dealkylation sites (N-methyl/N-ethyl adjacent to an activating group) is 1. The van der Waals surface area contributed by atoms with Crippen molar-refractivity contribution in [3.8, 4) is 0 Å². The van der Waals surface area contributed by atoms with Gasteiger partial charge >= 0.3 is 0 Å². The molecule has 0 aliphatic heterocycles. The molecule has 1 aliphatic rings. The van der Waals surface area contributed by atoms with Gasteiger partial charge < -0.3 is 10.2 Å². The van der Waals surface area contributed by atoms with Gasteiger partial charge in [-0.15, -0.1) is 11.3 Å². The zero-order valence-corrected chi connectivity index (χ0v) is 15.6. The summed E-state index contributed by atoms with van der Waals surface area (Å²) < 4.78 is 3.11. The van der Waals surface area contributed by atoms with Crippen LogP contribution in [0.3, 0.4) is 0 Å². The third kappa shape index (κ3) is 4.43. The number of hydrogen-bond acceptors (Lipinski definition) is 3. The lowest BCUT2D eigenvalue weighted by atomic mass is 10.2. The molecule has 0 radical (unpaired) electrons. The molecular weight excluding hydrogens is 376 g/mol. The predicted octanol–water partition coefficient (Wildman–Crippen LogP) is 2.48. The van der Waals surface area contributed by atoms with Gasteiger partial charge in [0, 0.05) is 6.07 Å². The Kier molecular flexibility index (Phi) is 5.50. The topological polar surface area (TPSA) is 51.4 Å². The molecule has 5 nitrogen and oxygen atoms in total. The number of anilines is 1. The minimum absolute atomic E-state index is 0.0397. The van der Waals surface area contributed by atoms with Gasteiger partial charge in [-0.25, -0.2) is 4.68 Å². The van der Waals surface area contributed by atoms with E-state index in [-0.39, 0.29) is 5.91 Å². The van der Waals surface area contributed by atoms with Gasteiger partial charge in [-0.2, -0.15) is 5.10 Å². The van der Waals surface area contributed by atoms with Crippen molar-refractivity contribution in [3.05, 3.63) is 33.1 Å². The minimum atomic E-state index is 0.0397. The summed E-state index contributed by atoms with van der Waals surface area (Å²) in [5, 5.41) is 7.42. The van der Waals surface area contributed by atoms with Crippen LogP contribution in [-0.4, -0.2) is 29.3 Å². The first-order valence-electron chi connectivity index (χ1n) is 8.00. The Hall–Kier alpha value is -1.18. The summed E-state index contributed by atoms with van der Waals surface area (Å²) in [5.74, 6) is 0.867. The number of hydrogen-bond donors (Lipinski definition) is 2. The number of nitrogens with zero attached hydrogens (tertiary/aromatic N) is 2. The van der Waals surface area contributed by atoms with Crippen LogP contribution in [0.1, 0.15) is 36.6 Å². The molecule has 1 fully saturated rings. The van der Waals surface area contributed by atoms with Gasteiger partial charge in [-0.1, -0.05) is 12.8 Å². The number of carbonyl (C=O) groups is 1. The lowest BCUT2D eigenvalue weighted by Crippen LogP contribution is -3.08. The number of quaternary nitrogens is 1. The fraction of sp³-hybridized carbons (Fsp3) is 0.500. The highest BCUT2D eigenvalue weighted by Crippen LogP contribution is 2.31. The van der Waals surface area contributed by atoms with E-state index in [1.807, 2.05) is 23.9 Å². The van der Waals surface area contributed by atoms with Crippen LogP contribution < -0.4 is 10.2 Å². The summed E-state index contributed by atoms with van der Waals surface area (Å²) in [5.41, 5.74) is 0. The molecule has 1 amide bonds. The minimum Gasteiger partial charge on any atom is -0.325 e. The molecule has 0 saturated heterocycles. The Bertz CT molecular complexity index is 663. The van der Waals surface area contributed by atoms with Gasteiger partial charge in [0.1, 0.15) is 12.4 Å². The molecule has 2 aromatic rings. The molecule has 1 unspecified atom stereocenters. The van der Waals surface area contributed by atoms with E-state index in [0.29, 0.717) is 12.6 Å². The summed E-state index contributed by atoms with van der Waals surface area (Å²) in [4.78, 5) is 14.8. The Morgan fingerprint density at radius 2 is 2.22 bits per heavy atom. The molecule has 0 aromatic carbocycles. The summed E-state index contributed by atoms with van der Waals surface area (Å²) in [6.07, 6.45) is 6.59. The Morgan fingerprint density at radius 1 is 1.43 bits per heavy atom. The van der Waals surface area contributed by atoms with Crippen molar-refractivity contribution in [1.29, 1.82) is 0 Å². The molecule has 23 heavy (non-hydrogen) atoms. The van der Waals surface area contributed by atoms with Crippen molar-refractivity contribution in [2.24, 2.45) is 0 Å². The number of thiophene rings is 1. The molecule has 1 saturated carbocycles. The van der Waals surface area contributed by atoms with Crippen LogP contribution in [0.25, 0.3) is 0 Å². The molecule has 124 valence electrons. The van der Waals surface area contributed by atoms with Gasteiger partial charge in [0.2, 0.25) is 0 Å². The Morgan fingerprint density at radius 3 is 2.91 bits per heavy atom. The largest absolute Gasteiger partial charge is 0.325 e. The molecule has 0 bridgehead atoms. The first-order chi connectivity index (χ1) is 11.1. The van der Waals surface area contributed by atoms with E-state index < -0.39 is 0 Å². The van der Waals surface area contributed by atoms with Crippen LogP contribution in [0.4, 0.5) is 5.82 Å². The van der Waals surface area contributed by atoms with Crippen molar-refractivity contribution in [2.75, 3.05) is 18.9 Å². The lowest BCUT2D eigenvalue weighted by molar-refractivity contribution is -0.884. The number of aromatic nitrogens is 2. The van der Waals surface area contributed by atoms with E-state index >= 15 is 0 Å². The molecule has 1 atom stereocenters. The lowest BCUT2D eigenvalue weighted by Gasteiger charge is -2.16. The van der Waals surface area contributed by atoms with E-state index in [9.17, 15) is 4.79 Å². The summed E-state index contributed by atoms with van der Waals surface area (Å²) >= 11 is 5.19. The summed E-state index contributed by atoms with van der Waals surface area (Å²) in [6, 6.07) is 6.48. The second-order valence-electron chi connectivity index (χ2n) is 6.16. The SMILES string of the molecule is C[NH+](CC(=O)Nc1ccnn1C1CCCC1)Cc1ccc(Br)s1. The molecule has 0 spiro atoms. The number of halogens is 1. The zero-order chi connectivity index (χ0) is 16.2. The highest BCUT2D eigenvalue weighted by atomic mass is 79.9. The quantitative estimate of drug-likeness (QED) is 0.786. The number of nitrogens with one attached hydrogen (secondary N) is 2. The molecule has 1 aliphatic carbocycles. The third-order valence-electron chi connectivity index (χ3n) is 4.18. The monoisotopic (exact) mass is 397 g/mol. The standard InChI is InChI=1S/C16H21BrN4OS/c1-20(10-13-6-7-14(17)23-13)11-16(22)19-15-8-9-18-21(15)12-4-2-3-5-12/h6-9,12H,2-5,10-11H2,1H3,(H,19,22)/p+1. The normalized spacial score (nSPS) is 16.6. The highest BCUT2D eigenvalue weighted by Gasteiger charge is 2.21. The second kappa shape index (κ2) is 7.59. The predicted molar refractivity (Wildman–Crippen MR) is 95.8 cm³/mol. The maximum Gasteiger partial charge on any atom is 0.280 e. The van der Waals surface area contributed by atoms with E-state index in [2.05, 4.69) is 32.4 Å². The second-order valence-corrected chi connectivity index (χ2v) is 8.71. The van der Waals surface area contributed by atoms with Crippen molar-refractivity contribution >= 4 is 39.0 Å². The average molecular weight is 398 g/mol. The van der Waals surface area contributed by atoms with Crippen LogP contribution in [0.5, 0.6) is 0 Å². The zero-order valence-electron chi connectivity index (χ0n) is 13.2. The summed E-state index contributed by atoms with van der Waals surface area (Å²) in [7, 11) is 2.04. The Balaban J connectivity index is 1.54. The summed E-state index contributed by atoms with van der Waals surface area (Å²) in [6.45, 7) is 1.30. The van der Waals surface area contributed by atoms with E-state index in [0.717, 1.165) is 29.0 Å². The number of carbonyl (C=O) groups excluding carboxylic acids is 1. The van der Waals surface area contributed by atoms with Crippen LogP contribution in [0, 0.1) is 0 Å². The van der Waals surface area contributed by atoms with Crippen molar-refractivity contribution in [1.82, 2.24) is 9.78 Å². The highest BCUT2D eigenvalue weighted by molar-refractivity contribution is 9.11. The van der Waals surface area contributed by atoms with Crippen molar-refractivity contribution in [2.45, 2.75) is 38.3 Å². The van der Waals surface area contributed by atoms with Gasteiger partial charge in [-0.3, -0.25) is 4.79 Å². The molecule has 3 rings (SSSR count). The fourth-order valence-electron chi connectivity index (χ4n) is 3.12. The van der Waals surface area contributed by atoms with Gasteiger partial charge in [0.25, 0.3) is 5.91 Å². The van der Waals surface area contributed by atoms with Crippen LogP contribution in [0.15, 0.2) is 28.2 Å². The van der Waals surface area contributed by atoms with Gasteiger partial charge in [-0.05, 0) is 40.9 Å². The number of amides is 1. The molecular formula is C16H22BrN4OS+. The fourth-order valence-corrected chi connectivity index (χ4v) is 4.72. The molecule has 2 N–H and O–H groups in total. The van der Waals surface area contributed by atoms with E-state index in [1.54, 1.807) is 17.5 Å². The van der Waals surface area contributed by atoms with E-state index in [4.69, 9.17) is 0 Å². The number of rotatable bonds is 6. The molecule has 7 heteroatoms. The average Bonchev–Trinajstić information content (AvgIpc) is 3.20. The molecule has 2 heterocycles. The maximum absolute atomic E-state index is 12.3. The van der Waals surface area contributed by atoms with Crippen LogP contribution in [0.2, 0.25) is 0 Å². The van der Waals surface area contributed by atoms with Crippen molar-refractivity contribution < 1.29 is 9.69 Å². The molecule has 2 aromatic heterocycles. The van der Waals surface area contributed by atoms with E-state index in [1.165, 1.54) is 22.6 Å². The van der Waals surface area contributed by atoms with Crippen molar-refractivity contribution in [3.63, 3.8) is 0 Å². The first kappa shape index (κ1) is 16.7. The smallest absolute Gasteiger partial charge is 0.280 e. The third-order valence-corrected chi connectivity index (χ3v) is 5.80. The van der Waals surface area contributed by atoms with Gasteiger partial charge in [0.15, 0.2) is 6.54 Å². The van der Waals surface area contributed by atoms with Crippen LogP contribution in [-0.2, 0) is 11.3 Å². The van der Waals surface area contributed by atoms with Gasteiger partial charge in [0.05, 0.1) is 27.9 Å². The Labute approximate surface area is 148 Å². The van der Waals surface area contributed by atoms with Crippen LogP contribution >= 0.6 is 27.3 Å². The first-order valence-corrected chi connectivity index (χ1v) is 9.61.